The van der Waals surface area contributed by atoms with Crippen LogP contribution < -0.4 is 0 Å². The molecule has 2 aliphatic heterocycles. The van der Waals surface area contributed by atoms with Crippen LogP contribution in [0.5, 0.6) is 0 Å². The van der Waals surface area contributed by atoms with Gasteiger partial charge in [-0.2, -0.15) is 11.3 Å². The minimum atomic E-state index is 0.275. The summed E-state index contributed by atoms with van der Waals surface area (Å²) >= 11 is 1.76. The maximum atomic E-state index is 12.4. The van der Waals surface area contributed by atoms with Crippen molar-refractivity contribution in [1.29, 1.82) is 0 Å². The van der Waals surface area contributed by atoms with Gasteiger partial charge in [0.2, 0.25) is 5.91 Å². The number of hydrogen-bond acceptors (Lipinski definition) is 5. The molecular formula is C17H27N3O2S. The molecule has 0 saturated carbocycles. The second-order valence-corrected chi connectivity index (χ2v) is 7.27. The molecule has 3 heterocycles. The number of piperazine rings is 1. The monoisotopic (exact) mass is 337 g/mol. The van der Waals surface area contributed by atoms with E-state index in [1.54, 1.807) is 11.3 Å². The normalized spacial score (nSPS) is 22.2. The fourth-order valence-electron chi connectivity index (χ4n) is 3.34. The van der Waals surface area contributed by atoms with E-state index in [2.05, 4.69) is 33.6 Å². The summed E-state index contributed by atoms with van der Waals surface area (Å²) in [6.07, 6.45) is 1.10. The van der Waals surface area contributed by atoms with Gasteiger partial charge in [0, 0.05) is 45.3 Å². The Balaban J connectivity index is 1.41. The van der Waals surface area contributed by atoms with E-state index in [1.807, 2.05) is 4.90 Å². The average Bonchev–Trinajstić information content (AvgIpc) is 3.09. The first-order chi connectivity index (χ1) is 11.2. The number of nitrogens with zero attached hydrogens (tertiary/aromatic N) is 3. The van der Waals surface area contributed by atoms with Gasteiger partial charge in [-0.15, -0.1) is 0 Å². The Bertz CT molecular complexity index is 480. The first-order valence-electron chi connectivity index (χ1n) is 8.55. The third-order valence-electron chi connectivity index (χ3n) is 4.86. The zero-order chi connectivity index (χ0) is 16.1. The van der Waals surface area contributed by atoms with Gasteiger partial charge in [-0.25, -0.2) is 0 Å². The summed E-state index contributed by atoms with van der Waals surface area (Å²) in [5.74, 6) is 0.275. The van der Waals surface area contributed by atoms with Crippen molar-refractivity contribution in [2.75, 3.05) is 59.0 Å². The highest BCUT2D eigenvalue weighted by Crippen LogP contribution is 2.14. The lowest BCUT2D eigenvalue weighted by Crippen LogP contribution is -2.54. The molecule has 0 radical (unpaired) electrons. The lowest BCUT2D eigenvalue weighted by molar-refractivity contribution is -0.135. The van der Waals surface area contributed by atoms with Crippen LogP contribution in [0, 0.1) is 0 Å². The number of amides is 1. The largest absolute Gasteiger partial charge is 0.379 e. The molecule has 5 nitrogen and oxygen atoms in total. The maximum absolute atomic E-state index is 12.4. The van der Waals surface area contributed by atoms with Crippen LogP contribution in [-0.4, -0.2) is 85.7 Å². The number of carbonyl (C=O) groups is 1. The van der Waals surface area contributed by atoms with Gasteiger partial charge in [0.1, 0.15) is 0 Å². The van der Waals surface area contributed by atoms with Gasteiger partial charge in [0.25, 0.3) is 0 Å². The summed E-state index contributed by atoms with van der Waals surface area (Å²) in [7, 11) is 0. The Labute approximate surface area is 142 Å². The van der Waals surface area contributed by atoms with E-state index in [0.717, 1.165) is 58.9 Å². The summed E-state index contributed by atoms with van der Waals surface area (Å²) in [6.45, 7) is 9.79. The van der Waals surface area contributed by atoms with E-state index < -0.39 is 0 Å². The Morgan fingerprint density at radius 3 is 2.61 bits per heavy atom. The second-order valence-electron chi connectivity index (χ2n) is 6.49. The van der Waals surface area contributed by atoms with Crippen LogP contribution in [-0.2, 0) is 16.0 Å². The maximum Gasteiger partial charge on any atom is 0.236 e. The molecule has 1 amide bonds. The van der Waals surface area contributed by atoms with Crippen molar-refractivity contribution in [2.45, 2.75) is 19.4 Å². The Morgan fingerprint density at radius 1 is 1.22 bits per heavy atom. The van der Waals surface area contributed by atoms with Crippen molar-refractivity contribution in [3.8, 4) is 0 Å². The smallest absolute Gasteiger partial charge is 0.236 e. The van der Waals surface area contributed by atoms with Crippen LogP contribution in [0.3, 0.4) is 0 Å². The van der Waals surface area contributed by atoms with E-state index in [1.165, 1.54) is 5.56 Å². The van der Waals surface area contributed by atoms with E-state index >= 15 is 0 Å². The van der Waals surface area contributed by atoms with Crippen molar-refractivity contribution in [1.82, 2.24) is 14.7 Å². The zero-order valence-corrected chi connectivity index (χ0v) is 14.8. The molecule has 1 aromatic heterocycles. The van der Waals surface area contributed by atoms with Crippen LogP contribution in [0.2, 0.25) is 0 Å². The molecule has 2 fully saturated rings. The third kappa shape index (κ3) is 4.76. The van der Waals surface area contributed by atoms with Gasteiger partial charge in [-0.1, -0.05) is 0 Å². The lowest BCUT2D eigenvalue weighted by Gasteiger charge is -2.39. The molecule has 23 heavy (non-hydrogen) atoms. The number of hydrogen-bond donors (Lipinski definition) is 0. The predicted octanol–water partition coefficient (Wildman–Crippen LogP) is 1.16. The van der Waals surface area contributed by atoms with Crippen LogP contribution in [0.15, 0.2) is 16.8 Å². The van der Waals surface area contributed by atoms with Gasteiger partial charge in [-0.05, 0) is 35.7 Å². The number of rotatable bonds is 5. The Morgan fingerprint density at radius 2 is 1.96 bits per heavy atom. The summed E-state index contributed by atoms with van der Waals surface area (Å²) < 4.78 is 5.34. The van der Waals surface area contributed by atoms with Crippen molar-refractivity contribution in [3.63, 3.8) is 0 Å². The molecule has 2 saturated heterocycles. The molecule has 0 aromatic carbocycles. The van der Waals surface area contributed by atoms with Gasteiger partial charge in [-0.3, -0.25) is 14.6 Å². The first kappa shape index (κ1) is 16.9. The molecule has 0 aliphatic carbocycles. The van der Waals surface area contributed by atoms with Crippen molar-refractivity contribution in [2.24, 2.45) is 0 Å². The summed E-state index contributed by atoms with van der Waals surface area (Å²) in [5.41, 5.74) is 1.42. The van der Waals surface area contributed by atoms with Crippen LogP contribution >= 0.6 is 11.3 Å². The summed E-state index contributed by atoms with van der Waals surface area (Å²) in [5, 5.41) is 4.38. The highest BCUT2D eigenvalue weighted by atomic mass is 32.1. The number of carbonyl (C=O) groups excluding carboxylic acids is 1. The number of ether oxygens (including phenoxy) is 1. The molecule has 1 aromatic rings. The Hall–Kier alpha value is -0.950. The zero-order valence-electron chi connectivity index (χ0n) is 13.9. The molecule has 2 aliphatic rings. The minimum absolute atomic E-state index is 0.275. The summed E-state index contributed by atoms with van der Waals surface area (Å²) in [4.78, 5) is 19.2. The summed E-state index contributed by atoms with van der Waals surface area (Å²) in [6, 6.07) is 2.75. The number of thiophene rings is 1. The molecule has 0 spiro atoms. The SMILES string of the molecule is C[C@@H](Cc1ccsc1)N1CCN(C(=O)CN2CCOCC2)CC1. The minimum Gasteiger partial charge on any atom is -0.379 e. The van der Waals surface area contributed by atoms with E-state index in [9.17, 15) is 4.79 Å². The standard InChI is InChI=1S/C17H27N3O2S/c1-15(12-16-2-11-23-14-16)19-3-5-20(6-4-19)17(21)13-18-7-9-22-10-8-18/h2,11,14-15H,3-10,12-13H2,1H3/t15-/m0/s1. The molecule has 0 N–H and O–H groups in total. The fraction of sp³-hybridized carbons (Fsp3) is 0.706. The third-order valence-corrected chi connectivity index (χ3v) is 5.60. The highest BCUT2D eigenvalue weighted by Gasteiger charge is 2.25. The quantitative estimate of drug-likeness (QED) is 0.808. The van der Waals surface area contributed by atoms with Crippen LogP contribution in [0.25, 0.3) is 0 Å². The van der Waals surface area contributed by atoms with Gasteiger partial charge < -0.3 is 9.64 Å². The van der Waals surface area contributed by atoms with Crippen LogP contribution in [0.1, 0.15) is 12.5 Å². The van der Waals surface area contributed by atoms with E-state index in [-0.39, 0.29) is 5.91 Å². The average molecular weight is 337 g/mol. The van der Waals surface area contributed by atoms with Gasteiger partial charge in [0.15, 0.2) is 0 Å². The van der Waals surface area contributed by atoms with Crippen molar-refractivity contribution in [3.05, 3.63) is 22.4 Å². The topological polar surface area (TPSA) is 36.0 Å². The van der Waals surface area contributed by atoms with Crippen molar-refractivity contribution < 1.29 is 9.53 Å². The van der Waals surface area contributed by atoms with Crippen molar-refractivity contribution >= 4 is 17.2 Å². The fourth-order valence-corrected chi connectivity index (χ4v) is 4.02. The van der Waals surface area contributed by atoms with Gasteiger partial charge in [0.05, 0.1) is 19.8 Å². The molecule has 3 rings (SSSR count). The van der Waals surface area contributed by atoms with E-state index in [4.69, 9.17) is 4.74 Å². The predicted molar refractivity (Wildman–Crippen MR) is 92.9 cm³/mol. The molecule has 1 atom stereocenters. The highest BCUT2D eigenvalue weighted by molar-refractivity contribution is 7.07. The molecule has 0 unspecified atom stereocenters. The van der Waals surface area contributed by atoms with Gasteiger partial charge >= 0.3 is 0 Å². The number of morpholine rings is 1. The molecular weight excluding hydrogens is 310 g/mol. The molecule has 6 heteroatoms. The van der Waals surface area contributed by atoms with Crippen LogP contribution in [0.4, 0.5) is 0 Å². The second kappa shape index (κ2) is 8.24. The van der Waals surface area contributed by atoms with E-state index in [0.29, 0.717) is 12.6 Å². The first-order valence-corrected chi connectivity index (χ1v) is 9.49. The Kier molecular flexibility index (Phi) is 6.05. The molecule has 0 bridgehead atoms. The molecule has 128 valence electrons. The lowest BCUT2D eigenvalue weighted by atomic mass is 10.1.